The SMILES string of the molecule is NC1=N[C@@]2(CCN3C(=O)c4sccc4C3C2)Nc2cccc(F)c21. The first-order chi connectivity index (χ1) is 11.6. The summed E-state index contributed by atoms with van der Waals surface area (Å²) in [4.78, 5) is 19.9. The van der Waals surface area contributed by atoms with Crippen LogP contribution in [-0.4, -0.2) is 28.9 Å². The minimum absolute atomic E-state index is 0.00617. The molecule has 24 heavy (non-hydrogen) atoms. The molecule has 0 saturated carbocycles. The number of nitrogens with zero attached hydrogens (tertiary/aromatic N) is 2. The summed E-state index contributed by atoms with van der Waals surface area (Å²) in [6.07, 6.45) is 1.29. The molecule has 0 radical (unpaired) electrons. The number of benzene rings is 1. The lowest BCUT2D eigenvalue weighted by Crippen LogP contribution is -2.51. The van der Waals surface area contributed by atoms with Gasteiger partial charge >= 0.3 is 0 Å². The number of amides is 1. The zero-order chi connectivity index (χ0) is 16.5. The van der Waals surface area contributed by atoms with Crippen LogP contribution in [0.4, 0.5) is 10.1 Å². The maximum atomic E-state index is 14.0. The summed E-state index contributed by atoms with van der Waals surface area (Å²) in [5.74, 6) is -0.0334. The van der Waals surface area contributed by atoms with Crippen LogP contribution in [0, 0.1) is 5.82 Å². The number of thiophene rings is 1. The fraction of sp³-hybridized carbons (Fsp3) is 0.294. The normalized spacial score (nSPS) is 27.4. The van der Waals surface area contributed by atoms with Crippen LogP contribution in [-0.2, 0) is 0 Å². The molecule has 4 heterocycles. The topological polar surface area (TPSA) is 70.7 Å². The molecule has 3 N–H and O–H groups in total. The van der Waals surface area contributed by atoms with Crippen LogP contribution in [0.1, 0.15) is 39.7 Å². The highest BCUT2D eigenvalue weighted by Crippen LogP contribution is 2.47. The largest absolute Gasteiger partial charge is 0.383 e. The Morgan fingerprint density at radius 3 is 3.17 bits per heavy atom. The van der Waals surface area contributed by atoms with Gasteiger partial charge in [-0.25, -0.2) is 9.38 Å². The number of carbonyl (C=O) groups is 1. The van der Waals surface area contributed by atoms with Crippen LogP contribution >= 0.6 is 11.3 Å². The number of hydrogen-bond acceptors (Lipinski definition) is 5. The Morgan fingerprint density at radius 1 is 1.42 bits per heavy atom. The van der Waals surface area contributed by atoms with Crippen molar-refractivity contribution >= 4 is 28.8 Å². The van der Waals surface area contributed by atoms with E-state index in [1.165, 1.54) is 17.4 Å². The van der Waals surface area contributed by atoms with E-state index in [2.05, 4.69) is 10.3 Å². The van der Waals surface area contributed by atoms with Crippen molar-refractivity contribution in [1.82, 2.24) is 4.90 Å². The average Bonchev–Trinajstić information content (AvgIpc) is 3.11. The molecule has 3 aliphatic rings. The van der Waals surface area contributed by atoms with Crippen LogP contribution < -0.4 is 11.1 Å². The molecular weight excluding hydrogens is 327 g/mol. The molecule has 5 rings (SSSR count). The van der Waals surface area contributed by atoms with Gasteiger partial charge < -0.3 is 16.0 Å². The Kier molecular flexibility index (Phi) is 2.66. The van der Waals surface area contributed by atoms with Gasteiger partial charge in [-0.05, 0) is 29.1 Å². The van der Waals surface area contributed by atoms with Crippen molar-refractivity contribution < 1.29 is 9.18 Å². The molecule has 122 valence electrons. The van der Waals surface area contributed by atoms with Gasteiger partial charge in [0.25, 0.3) is 5.91 Å². The summed E-state index contributed by atoms with van der Waals surface area (Å²) in [6.45, 7) is 0.610. The highest BCUT2D eigenvalue weighted by molar-refractivity contribution is 7.12. The molecule has 7 heteroatoms. The standard InChI is InChI=1S/C17H15FN4OS/c18-10-2-1-3-11-13(10)15(19)21-17(20-11)5-6-22-12(8-17)9-4-7-24-14(9)16(22)23/h1-4,7,12,20H,5-6,8H2,(H2,19,21)/t12?,17-/m1/s1. The van der Waals surface area contributed by atoms with E-state index in [0.29, 0.717) is 30.6 Å². The van der Waals surface area contributed by atoms with Crippen molar-refractivity contribution in [3.05, 3.63) is 51.5 Å². The van der Waals surface area contributed by atoms with E-state index >= 15 is 0 Å². The number of nitrogens with two attached hydrogens (primary N) is 1. The van der Waals surface area contributed by atoms with Crippen LogP contribution in [0.5, 0.6) is 0 Å². The summed E-state index contributed by atoms with van der Waals surface area (Å²) in [7, 11) is 0. The van der Waals surface area contributed by atoms with Gasteiger partial charge in [0.15, 0.2) is 0 Å². The molecule has 1 aromatic carbocycles. The van der Waals surface area contributed by atoms with Crippen molar-refractivity contribution in [1.29, 1.82) is 0 Å². The lowest BCUT2D eigenvalue weighted by atomic mass is 9.87. The number of nitrogens with one attached hydrogen (secondary N) is 1. The van der Waals surface area contributed by atoms with Crippen LogP contribution in [0.15, 0.2) is 34.6 Å². The molecule has 3 aliphatic heterocycles. The van der Waals surface area contributed by atoms with E-state index in [0.717, 1.165) is 10.4 Å². The van der Waals surface area contributed by atoms with Gasteiger partial charge in [0.05, 0.1) is 16.5 Å². The van der Waals surface area contributed by atoms with Crippen LogP contribution in [0.25, 0.3) is 0 Å². The van der Waals surface area contributed by atoms with Crippen molar-refractivity contribution in [2.75, 3.05) is 11.9 Å². The van der Waals surface area contributed by atoms with E-state index in [1.807, 2.05) is 22.4 Å². The Labute approximate surface area is 142 Å². The Morgan fingerprint density at radius 2 is 2.29 bits per heavy atom. The molecule has 1 unspecified atom stereocenters. The van der Waals surface area contributed by atoms with Crippen molar-refractivity contribution in [3.63, 3.8) is 0 Å². The molecule has 1 aromatic heterocycles. The summed E-state index contributed by atoms with van der Waals surface area (Å²) in [6, 6.07) is 6.90. The van der Waals surface area contributed by atoms with Gasteiger partial charge in [-0.1, -0.05) is 6.07 Å². The number of rotatable bonds is 0. The van der Waals surface area contributed by atoms with E-state index < -0.39 is 5.66 Å². The van der Waals surface area contributed by atoms with Crippen LogP contribution in [0.3, 0.4) is 0 Å². The van der Waals surface area contributed by atoms with E-state index in [1.54, 1.807) is 6.07 Å². The summed E-state index contributed by atoms with van der Waals surface area (Å²) in [5.41, 5.74) is 7.58. The zero-order valence-electron chi connectivity index (χ0n) is 12.8. The lowest BCUT2D eigenvalue weighted by Gasteiger charge is -2.44. The van der Waals surface area contributed by atoms with Crippen molar-refractivity contribution in [2.45, 2.75) is 24.5 Å². The number of fused-ring (bicyclic) bond motifs is 4. The molecule has 0 bridgehead atoms. The number of aliphatic imine (C=N–C) groups is 1. The number of halogens is 1. The monoisotopic (exact) mass is 342 g/mol. The molecule has 5 nitrogen and oxygen atoms in total. The third-order valence-corrected chi connectivity index (χ3v) is 6.07. The molecule has 0 aliphatic carbocycles. The Balaban J connectivity index is 1.56. The average molecular weight is 342 g/mol. The lowest BCUT2D eigenvalue weighted by molar-refractivity contribution is 0.0608. The third-order valence-electron chi connectivity index (χ3n) is 5.15. The van der Waals surface area contributed by atoms with Gasteiger partial charge in [-0.3, -0.25) is 4.79 Å². The number of carbonyl (C=O) groups excluding carboxylic acids is 1. The number of piperidine rings is 1. The summed E-state index contributed by atoms with van der Waals surface area (Å²) >= 11 is 1.49. The summed E-state index contributed by atoms with van der Waals surface area (Å²) in [5, 5.41) is 5.35. The van der Waals surface area contributed by atoms with E-state index in [-0.39, 0.29) is 23.6 Å². The fourth-order valence-corrected chi connectivity index (χ4v) is 4.98. The first kappa shape index (κ1) is 14.0. The van der Waals surface area contributed by atoms with Gasteiger partial charge in [-0.15, -0.1) is 11.3 Å². The smallest absolute Gasteiger partial charge is 0.264 e. The molecule has 1 fully saturated rings. The first-order valence-corrected chi connectivity index (χ1v) is 8.77. The third kappa shape index (κ3) is 1.73. The van der Waals surface area contributed by atoms with Gasteiger partial charge in [-0.2, -0.15) is 0 Å². The number of anilines is 1. The first-order valence-electron chi connectivity index (χ1n) is 7.89. The predicted molar refractivity (Wildman–Crippen MR) is 90.8 cm³/mol. The Bertz CT molecular complexity index is 908. The summed E-state index contributed by atoms with van der Waals surface area (Å²) < 4.78 is 14.0. The second-order valence-corrected chi connectivity index (χ2v) is 7.41. The second kappa shape index (κ2) is 4.57. The quantitative estimate of drug-likeness (QED) is 0.773. The molecule has 1 saturated heterocycles. The highest BCUT2D eigenvalue weighted by atomic mass is 32.1. The maximum absolute atomic E-state index is 14.0. The fourth-order valence-electron chi connectivity index (χ4n) is 4.07. The Hall–Kier alpha value is -2.41. The molecule has 2 atom stereocenters. The molecule has 1 amide bonds. The van der Waals surface area contributed by atoms with Gasteiger partial charge in [0.2, 0.25) is 0 Å². The van der Waals surface area contributed by atoms with Crippen LogP contribution in [0.2, 0.25) is 0 Å². The maximum Gasteiger partial charge on any atom is 0.264 e. The van der Waals surface area contributed by atoms with E-state index in [4.69, 9.17) is 5.73 Å². The second-order valence-electron chi connectivity index (χ2n) is 6.49. The molecule has 1 spiro atoms. The number of amidine groups is 1. The van der Waals surface area contributed by atoms with Crippen molar-refractivity contribution in [2.24, 2.45) is 10.7 Å². The molecular formula is C17H15FN4OS. The zero-order valence-corrected chi connectivity index (χ0v) is 13.6. The minimum atomic E-state index is -0.587. The minimum Gasteiger partial charge on any atom is -0.383 e. The highest BCUT2D eigenvalue weighted by Gasteiger charge is 2.49. The van der Waals surface area contributed by atoms with Gasteiger partial charge in [0, 0.05) is 25.1 Å². The van der Waals surface area contributed by atoms with E-state index in [9.17, 15) is 9.18 Å². The number of hydrogen-bond donors (Lipinski definition) is 2. The van der Waals surface area contributed by atoms with Gasteiger partial charge in [0.1, 0.15) is 17.3 Å². The molecule has 2 aromatic rings. The van der Waals surface area contributed by atoms with Crippen molar-refractivity contribution in [3.8, 4) is 0 Å². The predicted octanol–water partition coefficient (Wildman–Crippen LogP) is 2.71.